The Morgan fingerprint density at radius 2 is 2.04 bits per heavy atom. The van der Waals surface area contributed by atoms with E-state index in [4.69, 9.17) is 10.5 Å². The zero-order valence-corrected chi connectivity index (χ0v) is 15.5. The number of hydrogen-bond acceptors (Lipinski definition) is 4. The van der Waals surface area contributed by atoms with Crippen LogP contribution in [0.25, 0.3) is 0 Å². The number of carbonyl (C=O) groups is 2. The molecule has 2 aromatic rings. The molecule has 0 unspecified atom stereocenters. The number of rotatable bonds is 6. The second-order valence-electron chi connectivity index (χ2n) is 7.50. The maximum atomic E-state index is 12.7. The quantitative estimate of drug-likeness (QED) is 0.794. The number of ether oxygens (including phenoxy) is 1. The van der Waals surface area contributed by atoms with Crippen LogP contribution in [0.5, 0.6) is 0 Å². The first kappa shape index (κ1) is 17.7. The van der Waals surface area contributed by atoms with Crippen LogP contribution in [0.3, 0.4) is 0 Å². The van der Waals surface area contributed by atoms with Gasteiger partial charge in [-0.3, -0.25) is 9.69 Å². The number of amides is 1. The number of cyclic esters (lactones) is 1. The Labute approximate surface area is 159 Å². The van der Waals surface area contributed by atoms with Crippen molar-refractivity contribution in [3.63, 3.8) is 0 Å². The molecule has 2 aliphatic rings. The third-order valence-electron chi connectivity index (χ3n) is 5.76. The van der Waals surface area contributed by atoms with Crippen LogP contribution in [-0.4, -0.2) is 30.6 Å². The molecule has 1 saturated carbocycles. The van der Waals surface area contributed by atoms with Crippen molar-refractivity contribution in [3.8, 4) is 0 Å². The fourth-order valence-corrected chi connectivity index (χ4v) is 3.79. The highest BCUT2D eigenvalue weighted by atomic mass is 16.6. The van der Waals surface area contributed by atoms with Gasteiger partial charge >= 0.3 is 6.09 Å². The summed E-state index contributed by atoms with van der Waals surface area (Å²) in [5.41, 5.74) is 9.79. The number of ketones is 1. The fraction of sp³-hybridized carbons (Fsp3) is 0.364. The van der Waals surface area contributed by atoms with E-state index < -0.39 is 0 Å². The molecule has 0 radical (unpaired) electrons. The molecule has 0 bridgehead atoms. The van der Waals surface area contributed by atoms with Gasteiger partial charge in [0.05, 0.1) is 6.54 Å². The number of nitrogens with zero attached hydrogens (tertiary/aromatic N) is 1. The van der Waals surface area contributed by atoms with Gasteiger partial charge < -0.3 is 10.5 Å². The Morgan fingerprint density at radius 1 is 1.26 bits per heavy atom. The van der Waals surface area contributed by atoms with E-state index in [-0.39, 0.29) is 17.4 Å². The minimum Gasteiger partial charge on any atom is -0.447 e. The highest BCUT2D eigenvalue weighted by molar-refractivity contribution is 5.99. The normalized spacial score (nSPS) is 24.0. The molecule has 140 valence electrons. The Bertz CT molecular complexity index is 877. The highest BCUT2D eigenvalue weighted by Gasteiger charge is 2.49. The topological polar surface area (TPSA) is 72.6 Å². The van der Waals surface area contributed by atoms with E-state index in [0.717, 1.165) is 18.4 Å². The lowest BCUT2D eigenvalue weighted by Gasteiger charge is -2.13. The molecule has 5 heteroatoms. The summed E-state index contributed by atoms with van der Waals surface area (Å²) in [6.07, 6.45) is 1.99. The van der Waals surface area contributed by atoms with Crippen molar-refractivity contribution in [1.82, 2.24) is 0 Å². The van der Waals surface area contributed by atoms with Crippen molar-refractivity contribution in [2.24, 2.45) is 5.73 Å². The van der Waals surface area contributed by atoms with E-state index >= 15 is 0 Å². The summed E-state index contributed by atoms with van der Waals surface area (Å²) in [5.74, 6) is 0.467. The van der Waals surface area contributed by atoms with Crippen LogP contribution in [0.2, 0.25) is 0 Å². The van der Waals surface area contributed by atoms with Gasteiger partial charge in [0.1, 0.15) is 6.61 Å². The molecule has 1 aliphatic carbocycles. The van der Waals surface area contributed by atoms with E-state index in [1.54, 1.807) is 23.1 Å². The number of hydrogen-bond donors (Lipinski definition) is 1. The fourth-order valence-electron chi connectivity index (χ4n) is 3.79. The molecule has 2 fully saturated rings. The van der Waals surface area contributed by atoms with Gasteiger partial charge in [-0.15, -0.1) is 0 Å². The molecular weight excluding hydrogens is 340 g/mol. The lowest BCUT2D eigenvalue weighted by atomic mass is 9.99. The predicted molar refractivity (Wildman–Crippen MR) is 104 cm³/mol. The van der Waals surface area contributed by atoms with Crippen LogP contribution in [0.15, 0.2) is 48.5 Å². The van der Waals surface area contributed by atoms with Crippen molar-refractivity contribution in [3.05, 3.63) is 65.2 Å². The van der Waals surface area contributed by atoms with Crippen molar-refractivity contribution < 1.29 is 14.3 Å². The smallest absolute Gasteiger partial charge is 0.414 e. The predicted octanol–water partition coefficient (Wildman–Crippen LogP) is 3.66. The van der Waals surface area contributed by atoms with Gasteiger partial charge in [-0.05, 0) is 36.1 Å². The maximum Gasteiger partial charge on any atom is 0.414 e. The molecule has 2 N–H and O–H groups in total. The molecule has 0 aromatic heterocycles. The monoisotopic (exact) mass is 364 g/mol. The van der Waals surface area contributed by atoms with Crippen LogP contribution in [-0.2, 0) is 11.2 Å². The number of nitrogens with two attached hydrogens (primary N) is 1. The van der Waals surface area contributed by atoms with Crippen LogP contribution in [0.4, 0.5) is 10.5 Å². The molecule has 1 aliphatic heterocycles. The van der Waals surface area contributed by atoms with Crippen molar-refractivity contribution >= 4 is 17.6 Å². The Hall–Kier alpha value is -2.66. The summed E-state index contributed by atoms with van der Waals surface area (Å²) < 4.78 is 4.97. The molecule has 1 amide bonds. The van der Waals surface area contributed by atoms with Gasteiger partial charge in [-0.1, -0.05) is 43.3 Å². The first-order chi connectivity index (χ1) is 13.0. The van der Waals surface area contributed by atoms with Crippen LogP contribution in [0.1, 0.15) is 47.2 Å². The standard InChI is InChI=1S/C22H24N2O3/c1-2-22(23)14-19(22)16-8-6-15(7-9-16)12-20(25)17-4-3-5-18(13-17)24-10-11-27-21(24)26/h3-9,13,19H,2,10-12,14,23H2,1H3/t19-,22+/m0/s1. The minimum atomic E-state index is -0.363. The first-order valence-electron chi connectivity index (χ1n) is 9.45. The van der Waals surface area contributed by atoms with Gasteiger partial charge in [0.15, 0.2) is 5.78 Å². The summed E-state index contributed by atoms with van der Waals surface area (Å²) in [7, 11) is 0. The summed E-state index contributed by atoms with van der Waals surface area (Å²) in [5, 5.41) is 0. The Morgan fingerprint density at radius 3 is 2.67 bits per heavy atom. The van der Waals surface area contributed by atoms with E-state index in [1.165, 1.54) is 5.56 Å². The summed E-state index contributed by atoms with van der Waals surface area (Å²) in [6.45, 7) is 3.02. The van der Waals surface area contributed by atoms with Crippen molar-refractivity contribution in [2.45, 2.75) is 37.6 Å². The second kappa shape index (κ2) is 6.82. The van der Waals surface area contributed by atoms with Gasteiger partial charge in [0, 0.05) is 29.1 Å². The maximum absolute atomic E-state index is 12.7. The molecule has 2 atom stereocenters. The highest BCUT2D eigenvalue weighted by Crippen LogP contribution is 2.51. The Kier molecular flexibility index (Phi) is 4.48. The lowest BCUT2D eigenvalue weighted by molar-refractivity contribution is 0.0993. The number of anilines is 1. The van der Waals surface area contributed by atoms with Gasteiger partial charge in [0.2, 0.25) is 0 Å². The summed E-state index contributed by atoms with van der Waals surface area (Å²) in [6, 6.07) is 15.4. The van der Waals surface area contributed by atoms with Crippen LogP contribution in [0, 0.1) is 0 Å². The summed E-state index contributed by atoms with van der Waals surface area (Å²) >= 11 is 0. The largest absolute Gasteiger partial charge is 0.447 e. The molecule has 4 rings (SSSR count). The third-order valence-corrected chi connectivity index (χ3v) is 5.76. The van der Waals surface area contributed by atoms with E-state index in [1.807, 2.05) is 18.2 Å². The third kappa shape index (κ3) is 3.47. The van der Waals surface area contributed by atoms with E-state index in [2.05, 4.69) is 19.1 Å². The van der Waals surface area contributed by atoms with Gasteiger partial charge in [0.25, 0.3) is 0 Å². The van der Waals surface area contributed by atoms with E-state index in [0.29, 0.717) is 36.7 Å². The second-order valence-corrected chi connectivity index (χ2v) is 7.50. The minimum absolute atomic E-state index is 0.0327. The van der Waals surface area contributed by atoms with Crippen LogP contribution < -0.4 is 10.6 Å². The number of carbonyl (C=O) groups excluding carboxylic acids is 2. The molecule has 5 nitrogen and oxygen atoms in total. The number of benzene rings is 2. The molecule has 0 spiro atoms. The lowest BCUT2D eigenvalue weighted by Crippen LogP contribution is -2.23. The van der Waals surface area contributed by atoms with Gasteiger partial charge in [-0.25, -0.2) is 4.79 Å². The molecule has 2 aromatic carbocycles. The molecule has 1 heterocycles. The molecule has 1 saturated heterocycles. The number of Topliss-reactive ketones (excluding diaryl/α,β-unsaturated/α-hetero) is 1. The molecular formula is C22H24N2O3. The van der Waals surface area contributed by atoms with E-state index in [9.17, 15) is 9.59 Å². The Balaban J connectivity index is 1.44. The molecule has 27 heavy (non-hydrogen) atoms. The average molecular weight is 364 g/mol. The average Bonchev–Trinajstić information content (AvgIpc) is 3.19. The van der Waals surface area contributed by atoms with Gasteiger partial charge in [-0.2, -0.15) is 0 Å². The van der Waals surface area contributed by atoms with Crippen molar-refractivity contribution in [2.75, 3.05) is 18.1 Å². The SMILES string of the molecule is CC[C@@]1(N)C[C@H]1c1ccc(CC(=O)c2cccc(N3CCOC3=O)c2)cc1. The first-order valence-corrected chi connectivity index (χ1v) is 9.45. The zero-order chi connectivity index (χ0) is 19.0. The van der Waals surface area contributed by atoms with Crippen molar-refractivity contribution in [1.29, 1.82) is 0 Å². The summed E-state index contributed by atoms with van der Waals surface area (Å²) in [4.78, 5) is 26.0. The van der Waals surface area contributed by atoms with Crippen LogP contribution >= 0.6 is 0 Å². The zero-order valence-electron chi connectivity index (χ0n) is 15.5.